The summed E-state index contributed by atoms with van der Waals surface area (Å²) >= 11 is 5.51. The number of nitro benzene ring substituents is 1. The molecule has 0 spiro atoms. The van der Waals surface area contributed by atoms with Crippen LogP contribution < -0.4 is 4.90 Å². The second-order valence-corrected chi connectivity index (χ2v) is 6.11. The van der Waals surface area contributed by atoms with E-state index in [0.717, 1.165) is 12.2 Å². The minimum atomic E-state index is -0.460. The van der Waals surface area contributed by atoms with Crippen LogP contribution in [0.15, 0.2) is 58.8 Å². The highest BCUT2D eigenvalue weighted by atomic mass is 35.5. The van der Waals surface area contributed by atoms with Crippen LogP contribution in [0.5, 0.6) is 0 Å². The summed E-state index contributed by atoms with van der Waals surface area (Å²) in [7, 11) is 0. The molecule has 0 aliphatic carbocycles. The van der Waals surface area contributed by atoms with Crippen molar-refractivity contribution in [1.29, 1.82) is 0 Å². The number of nitro groups is 1. The Balaban J connectivity index is 1.93. The molecule has 9 heteroatoms. The highest BCUT2D eigenvalue weighted by Gasteiger charge is 2.07. The highest BCUT2D eigenvalue weighted by molar-refractivity contribution is 6.18. The molecule has 0 heterocycles. The molecule has 0 unspecified atom stereocenters. The molecule has 0 atom stereocenters. The first kappa shape index (κ1) is 21.3. The van der Waals surface area contributed by atoms with Gasteiger partial charge in [-0.3, -0.25) is 14.9 Å². The molecular formula is C19H21ClN4O4. The van der Waals surface area contributed by atoms with Crippen molar-refractivity contribution in [3.8, 4) is 0 Å². The molecule has 0 aliphatic heterocycles. The fraction of sp³-hybridized carbons (Fsp3) is 0.316. The smallest absolute Gasteiger partial charge is 0.307 e. The van der Waals surface area contributed by atoms with Crippen LogP contribution in [-0.4, -0.2) is 36.5 Å². The number of halogens is 1. The van der Waals surface area contributed by atoms with Crippen molar-refractivity contribution in [3.05, 3.63) is 58.6 Å². The lowest BCUT2D eigenvalue weighted by Crippen LogP contribution is -2.27. The first-order valence-corrected chi connectivity index (χ1v) is 9.29. The fourth-order valence-electron chi connectivity index (χ4n) is 2.38. The molecule has 0 radical (unpaired) electrons. The van der Waals surface area contributed by atoms with Gasteiger partial charge in [0.2, 0.25) is 0 Å². The number of ether oxygens (including phenoxy) is 1. The Morgan fingerprint density at radius 1 is 1.11 bits per heavy atom. The number of hydrogen-bond acceptors (Lipinski definition) is 7. The Kier molecular flexibility index (Phi) is 8.36. The normalized spacial score (nSPS) is 10.8. The van der Waals surface area contributed by atoms with Crippen LogP contribution in [0.2, 0.25) is 0 Å². The summed E-state index contributed by atoms with van der Waals surface area (Å²) in [6, 6.07) is 13.3. The third-order valence-corrected chi connectivity index (χ3v) is 4.05. The number of likely N-dealkylation sites (N-methyl/N-ethyl adjacent to an activating group) is 1. The Labute approximate surface area is 167 Å². The fourth-order valence-corrected chi connectivity index (χ4v) is 2.53. The van der Waals surface area contributed by atoms with Gasteiger partial charge in [-0.15, -0.1) is 11.6 Å². The van der Waals surface area contributed by atoms with E-state index in [1.54, 1.807) is 12.1 Å². The molecule has 0 aromatic heterocycles. The van der Waals surface area contributed by atoms with E-state index in [1.807, 2.05) is 31.2 Å². The van der Waals surface area contributed by atoms with Crippen LogP contribution in [0.25, 0.3) is 0 Å². The van der Waals surface area contributed by atoms with Crippen molar-refractivity contribution in [1.82, 2.24) is 0 Å². The minimum absolute atomic E-state index is 0.0105. The first-order valence-electron chi connectivity index (χ1n) is 8.76. The molecule has 0 saturated heterocycles. The van der Waals surface area contributed by atoms with Gasteiger partial charge in [-0.1, -0.05) is 0 Å². The molecule has 0 amide bonds. The summed E-state index contributed by atoms with van der Waals surface area (Å²) in [4.78, 5) is 23.6. The van der Waals surface area contributed by atoms with Crippen LogP contribution in [0.3, 0.4) is 0 Å². The van der Waals surface area contributed by atoms with Crippen molar-refractivity contribution < 1.29 is 14.5 Å². The number of benzene rings is 2. The number of alkyl halides is 1. The number of anilines is 1. The maximum Gasteiger partial charge on any atom is 0.307 e. The predicted molar refractivity (Wildman–Crippen MR) is 108 cm³/mol. The first-order chi connectivity index (χ1) is 13.5. The second-order valence-electron chi connectivity index (χ2n) is 5.73. The van der Waals surface area contributed by atoms with Gasteiger partial charge in [-0.25, -0.2) is 0 Å². The third kappa shape index (κ3) is 6.62. The third-order valence-electron chi connectivity index (χ3n) is 3.86. The van der Waals surface area contributed by atoms with E-state index in [2.05, 4.69) is 15.1 Å². The summed E-state index contributed by atoms with van der Waals surface area (Å²) in [6.45, 7) is 3.65. The number of esters is 1. The van der Waals surface area contributed by atoms with E-state index in [9.17, 15) is 14.9 Å². The minimum Gasteiger partial charge on any atom is -0.464 e. The van der Waals surface area contributed by atoms with Gasteiger partial charge in [-0.2, -0.15) is 10.2 Å². The lowest BCUT2D eigenvalue weighted by Gasteiger charge is -2.22. The van der Waals surface area contributed by atoms with Gasteiger partial charge in [0.1, 0.15) is 6.61 Å². The van der Waals surface area contributed by atoms with Gasteiger partial charge in [0.25, 0.3) is 5.69 Å². The second kappa shape index (κ2) is 11.0. The van der Waals surface area contributed by atoms with Crippen molar-refractivity contribution >= 4 is 40.3 Å². The Morgan fingerprint density at radius 2 is 1.68 bits per heavy atom. The standard InChI is InChI=1S/C19H21ClN4O4/c1-2-23(13-14-28-19(25)11-12-20)17-7-3-15(4-8-17)21-22-16-5-9-18(10-6-16)24(26)27/h3-10H,2,11-14H2,1H3. The summed E-state index contributed by atoms with van der Waals surface area (Å²) in [5.41, 5.74) is 2.18. The zero-order chi connectivity index (χ0) is 20.4. The van der Waals surface area contributed by atoms with Crippen LogP contribution in [0, 0.1) is 10.1 Å². The zero-order valence-electron chi connectivity index (χ0n) is 15.5. The van der Waals surface area contributed by atoms with E-state index < -0.39 is 4.92 Å². The number of rotatable bonds is 10. The molecule has 8 nitrogen and oxygen atoms in total. The molecule has 2 rings (SSSR count). The number of non-ortho nitro benzene ring substituents is 1. The van der Waals surface area contributed by atoms with Crippen molar-refractivity contribution in [2.75, 3.05) is 30.5 Å². The van der Waals surface area contributed by atoms with E-state index in [-0.39, 0.29) is 24.0 Å². The molecule has 0 fully saturated rings. The highest BCUT2D eigenvalue weighted by Crippen LogP contribution is 2.23. The lowest BCUT2D eigenvalue weighted by molar-refractivity contribution is -0.384. The van der Waals surface area contributed by atoms with Gasteiger partial charge >= 0.3 is 5.97 Å². The lowest BCUT2D eigenvalue weighted by atomic mass is 10.2. The molecule has 0 aliphatic rings. The maximum atomic E-state index is 11.4. The number of nitrogens with zero attached hydrogens (tertiary/aromatic N) is 4. The Bertz CT molecular complexity index is 810. The van der Waals surface area contributed by atoms with Gasteiger partial charge < -0.3 is 9.64 Å². The Morgan fingerprint density at radius 3 is 2.18 bits per heavy atom. The van der Waals surface area contributed by atoms with Crippen LogP contribution in [0.4, 0.5) is 22.7 Å². The van der Waals surface area contributed by atoms with Crippen molar-refractivity contribution in [2.24, 2.45) is 10.2 Å². The van der Waals surface area contributed by atoms with Gasteiger partial charge in [0, 0.05) is 30.2 Å². The van der Waals surface area contributed by atoms with E-state index in [1.165, 1.54) is 12.1 Å². The SMILES string of the molecule is CCN(CCOC(=O)CCCl)c1ccc(N=Nc2ccc([N+](=O)[O-])cc2)cc1. The van der Waals surface area contributed by atoms with E-state index in [4.69, 9.17) is 16.3 Å². The van der Waals surface area contributed by atoms with Crippen LogP contribution in [-0.2, 0) is 9.53 Å². The monoisotopic (exact) mass is 404 g/mol. The van der Waals surface area contributed by atoms with Crippen LogP contribution >= 0.6 is 11.6 Å². The number of azo groups is 1. The van der Waals surface area contributed by atoms with Crippen molar-refractivity contribution in [2.45, 2.75) is 13.3 Å². The summed E-state index contributed by atoms with van der Waals surface area (Å²) < 4.78 is 5.13. The number of carbonyl (C=O) groups excluding carboxylic acids is 1. The molecular weight excluding hydrogens is 384 g/mol. The van der Waals surface area contributed by atoms with Gasteiger partial charge in [-0.05, 0) is 43.3 Å². The van der Waals surface area contributed by atoms with E-state index in [0.29, 0.717) is 24.5 Å². The molecule has 28 heavy (non-hydrogen) atoms. The largest absolute Gasteiger partial charge is 0.464 e. The van der Waals surface area contributed by atoms with Crippen LogP contribution in [0.1, 0.15) is 13.3 Å². The molecule has 0 N–H and O–H groups in total. The quantitative estimate of drug-likeness (QED) is 0.182. The van der Waals surface area contributed by atoms with E-state index >= 15 is 0 Å². The molecule has 0 bridgehead atoms. The van der Waals surface area contributed by atoms with Gasteiger partial charge in [0.05, 0.1) is 29.3 Å². The summed E-state index contributed by atoms with van der Waals surface area (Å²) in [5.74, 6) is -0.0419. The van der Waals surface area contributed by atoms with Crippen molar-refractivity contribution in [3.63, 3.8) is 0 Å². The number of carbonyl (C=O) groups is 1. The Hall–Kier alpha value is -3.00. The summed E-state index contributed by atoms with van der Waals surface area (Å²) in [6.07, 6.45) is 0.210. The summed E-state index contributed by atoms with van der Waals surface area (Å²) in [5, 5.41) is 18.9. The molecule has 2 aromatic rings. The molecule has 2 aromatic carbocycles. The number of hydrogen-bond donors (Lipinski definition) is 0. The molecule has 0 saturated carbocycles. The average Bonchev–Trinajstić information content (AvgIpc) is 2.71. The topological polar surface area (TPSA) is 97.4 Å². The predicted octanol–water partition coefficient (Wildman–Crippen LogP) is 5.01. The molecule has 148 valence electrons. The van der Waals surface area contributed by atoms with Gasteiger partial charge in [0.15, 0.2) is 0 Å². The zero-order valence-corrected chi connectivity index (χ0v) is 16.2. The maximum absolute atomic E-state index is 11.4. The average molecular weight is 405 g/mol.